The summed E-state index contributed by atoms with van der Waals surface area (Å²) in [5.41, 5.74) is 6.23. The fourth-order valence-electron chi connectivity index (χ4n) is 4.98. The highest BCUT2D eigenvalue weighted by atomic mass is 16.2. The first-order valence-electron chi connectivity index (χ1n) is 14.9. The Bertz CT molecular complexity index is 1060. The molecule has 6 nitrogen and oxygen atoms in total. The molecule has 0 aliphatic rings. The van der Waals surface area contributed by atoms with Gasteiger partial charge in [-0.15, -0.1) is 0 Å². The van der Waals surface area contributed by atoms with Crippen LogP contribution < -0.4 is 11.1 Å². The zero-order valence-corrected chi connectivity index (χ0v) is 24.0. The second-order valence-electron chi connectivity index (χ2n) is 11.0. The molecular weight excluding hydrogens is 488 g/mol. The van der Waals surface area contributed by atoms with Gasteiger partial charge >= 0.3 is 0 Å². The van der Waals surface area contributed by atoms with Crippen LogP contribution in [0, 0.1) is 5.92 Å². The van der Waals surface area contributed by atoms with Crippen LogP contribution in [0.2, 0.25) is 0 Å². The van der Waals surface area contributed by atoms with Gasteiger partial charge in [-0.05, 0) is 29.7 Å². The van der Waals surface area contributed by atoms with E-state index in [1.165, 1.54) is 51.4 Å². The Morgan fingerprint density at radius 3 is 1.97 bits per heavy atom. The first-order valence-corrected chi connectivity index (χ1v) is 14.9. The van der Waals surface area contributed by atoms with Crippen molar-refractivity contribution >= 4 is 34.2 Å². The van der Waals surface area contributed by atoms with Gasteiger partial charge in [-0.2, -0.15) is 0 Å². The van der Waals surface area contributed by atoms with Gasteiger partial charge in [-0.25, -0.2) is 0 Å². The topological polar surface area (TPSA) is 106 Å². The SMILES string of the molecule is CCCCCCCCCCCCCC(=O)C[C@H](CC(N)=O)C(=O)N[C@@H](C)C(=O)Cc1ccc2ccccc2c1. The highest BCUT2D eigenvalue weighted by molar-refractivity contribution is 5.94. The van der Waals surface area contributed by atoms with Gasteiger partial charge in [0.15, 0.2) is 5.78 Å². The van der Waals surface area contributed by atoms with Crippen molar-refractivity contribution in [1.29, 1.82) is 0 Å². The lowest BCUT2D eigenvalue weighted by molar-refractivity contribution is -0.134. The standard InChI is InChI=1S/C33H48N2O4/c1-3-4-5-6-7-8-9-10-11-12-13-18-30(36)23-29(24-32(34)38)33(39)35-25(2)31(37)22-26-19-20-27-16-14-15-17-28(27)21-26/h14-17,19-21,25,29H,3-13,18,22-24H2,1-2H3,(H2,34,38)(H,35,39)/t25-,29+/m0/s1. The number of carbonyl (C=O) groups excluding carboxylic acids is 4. The Hall–Kier alpha value is -3.02. The molecule has 0 aliphatic heterocycles. The Balaban J connectivity index is 1.72. The largest absolute Gasteiger partial charge is 0.370 e. The van der Waals surface area contributed by atoms with Gasteiger partial charge in [-0.3, -0.25) is 19.2 Å². The van der Waals surface area contributed by atoms with Crippen LogP contribution in [0.3, 0.4) is 0 Å². The summed E-state index contributed by atoms with van der Waals surface area (Å²) in [5, 5.41) is 4.86. The molecule has 2 atom stereocenters. The van der Waals surface area contributed by atoms with Crippen molar-refractivity contribution in [3.8, 4) is 0 Å². The summed E-state index contributed by atoms with van der Waals surface area (Å²) in [6.07, 6.45) is 13.6. The number of unbranched alkanes of at least 4 members (excludes halogenated alkanes) is 10. The van der Waals surface area contributed by atoms with E-state index in [0.29, 0.717) is 6.42 Å². The predicted octanol–water partition coefficient (Wildman–Crippen LogP) is 6.61. The van der Waals surface area contributed by atoms with Gasteiger partial charge in [-0.1, -0.05) is 114 Å². The van der Waals surface area contributed by atoms with Crippen molar-refractivity contribution in [3.05, 3.63) is 48.0 Å². The number of nitrogens with one attached hydrogen (secondary N) is 1. The minimum Gasteiger partial charge on any atom is -0.370 e. The Kier molecular flexibility index (Phi) is 15.1. The van der Waals surface area contributed by atoms with Crippen LogP contribution in [0.25, 0.3) is 10.8 Å². The molecule has 214 valence electrons. The highest BCUT2D eigenvalue weighted by Gasteiger charge is 2.26. The summed E-state index contributed by atoms with van der Waals surface area (Å²) in [6, 6.07) is 13.1. The normalized spacial score (nSPS) is 12.7. The fraction of sp³-hybridized carbons (Fsp3) is 0.576. The minimum atomic E-state index is -0.848. The lowest BCUT2D eigenvalue weighted by Crippen LogP contribution is -2.43. The molecule has 0 aliphatic carbocycles. The molecule has 6 heteroatoms. The molecule has 2 rings (SSSR count). The molecule has 3 N–H and O–H groups in total. The van der Waals surface area contributed by atoms with Crippen molar-refractivity contribution in [3.63, 3.8) is 0 Å². The van der Waals surface area contributed by atoms with Gasteiger partial charge in [0.1, 0.15) is 5.78 Å². The number of ketones is 2. The molecule has 0 aromatic heterocycles. The molecule has 0 fully saturated rings. The molecule has 0 unspecified atom stereocenters. The number of amides is 2. The van der Waals surface area contributed by atoms with Gasteiger partial charge in [0.25, 0.3) is 0 Å². The summed E-state index contributed by atoms with van der Waals surface area (Å²) < 4.78 is 0. The number of Topliss-reactive ketones (excluding diaryl/α,β-unsaturated/α-hetero) is 2. The number of primary amides is 1. The third-order valence-corrected chi connectivity index (χ3v) is 7.39. The number of hydrogen-bond acceptors (Lipinski definition) is 4. The zero-order valence-electron chi connectivity index (χ0n) is 24.0. The zero-order chi connectivity index (χ0) is 28.5. The quantitative estimate of drug-likeness (QED) is 0.175. The summed E-state index contributed by atoms with van der Waals surface area (Å²) in [6.45, 7) is 3.87. The number of benzene rings is 2. The van der Waals surface area contributed by atoms with Gasteiger partial charge < -0.3 is 11.1 Å². The van der Waals surface area contributed by atoms with Crippen LogP contribution in [0.1, 0.15) is 109 Å². The second kappa shape index (κ2) is 18.3. The van der Waals surface area contributed by atoms with Gasteiger partial charge in [0.2, 0.25) is 11.8 Å². The predicted molar refractivity (Wildman–Crippen MR) is 158 cm³/mol. The van der Waals surface area contributed by atoms with E-state index in [1.807, 2.05) is 42.5 Å². The van der Waals surface area contributed by atoms with Crippen molar-refractivity contribution < 1.29 is 19.2 Å². The van der Waals surface area contributed by atoms with Crippen LogP contribution in [-0.4, -0.2) is 29.4 Å². The van der Waals surface area contributed by atoms with E-state index in [1.54, 1.807) is 6.92 Å². The average Bonchev–Trinajstić information content (AvgIpc) is 2.91. The van der Waals surface area contributed by atoms with Crippen molar-refractivity contribution in [2.75, 3.05) is 0 Å². The van der Waals surface area contributed by atoms with Crippen LogP contribution in [0.15, 0.2) is 42.5 Å². The van der Waals surface area contributed by atoms with Crippen molar-refractivity contribution in [2.24, 2.45) is 11.7 Å². The summed E-state index contributed by atoms with van der Waals surface area (Å²) in [5.74, 6) is -2.13. The number of rotatable bonds is 21. The number of nitrogens with two attached hydrogens (primary N) is 1. The summed E-state index contributed by atoms with van der Waals surface area (Å²) in [4.78, 5) is 49.9. The average molecular weight is 537 g/mol. The minimum absolute atomic E-state index is 0.0296. The lowest BCUT2D eigenvalue weighted by atomic mass is 9.94. The monoisotopic (exact) mass is 536 g/mol. The maximum atomic E-state index is 12.9. The van der Waals surface area contributed by atoms with E-state index < -0.39 is 23.8 Å². The second-order valence-corrected chi connectivity index (χ2v) is 11.0. The maximum Gasteiger partial charge on any atom is 0.224 e. The molecule has 2 aromatic carbocycles. The van der Waals surface area contributed by atoms with Crippen LogP contribution >= 0.6 is 0 Å². The first kappa shape index (κ1) is 32.2. The molecular formula is C33H48N2O4. The number of hydrogen-bond donors (Lipinski definition) is 2. The summed E-state index contributed by atoms with van der Waals surface area (Å²) >= 11 is 0. The molecule has 0 saturated carbocycles. The Morgan fingerprint density at radius 2 is 1.36 bits per heavy atom. The molecule has 2 amide bonds. The van der Waals surface area contributed by atoms with E-state index in [9.17, 15) is 19.2 Å². The fourth-order valence-corrected chi connectivity index (χ4v) is 4.98. The molecule has 2 aromatic rings. The van der Waals surface area contributed by atoms with Crippen molar-refractivity contribution in [2.45, 2.75) is 116 Å². The highest BCUT2D eigenvalue weighted by Crippen LogP contribution is 2.18. The van der Waals surface area contributed by atoms with E-state index in [-0.39, 0.29) is 30.8 Å². The smallest absolute Gasteiger partial charge is 0.224 e. The Labute approximate surface area is 234 Å². The molecule has 0 heterocycles. The lowest BCUT2D eigenvalue weighted by Gasteiger charge is -2.19. The number of fused-ring (bicyclic) bond motifs is 1. The van der Waals surface area contributed by atoms with Crippen LogP contribution in [0.4, 0.5) is 0 Å². The third-order valence-electron chi connectivity index (χ3n) is 7.39. The van der Waals surface area contributed by atoms with E-state index >= 15 is 0 Å². The van der Waals surface area contributed by atoms with Crippen LogP contribution in [0.5, 0.6) is 0 Å². The van der Waals surface area contributed by atoms with E-state index in [4.69, 9.17) is 5.73 Å². The van der Waals surface area contributed by atoms with Gasteiger partial charge in [0.05, 0.1) is 12.0 Å². The first-order chi connectivity index (χ1) is 18.8. The molecule has 39 heavy (non-hydrogen) atoms. The summed E-state index contributed by atoms with van der Waals surface area (Å²) in [7, 11) is 0. The van der Waals surface area contributed by atoms with E-state index in [0.717, 1.165) is 35.6 Å². The third kappa shape index (κ3) is 13.1. The molecule has 0 spiro atoms. The number of carbonyl (C=O) groups is 4. The van der Waals surface area contributed by atoms with E-state index in [2.05, 4.69) is 12.2 Å². The van der Waals surface area contributed by atoms with Crippen LogP contribution in [-0.2, 0) is 25.6 Å². The Morgan fingerprint density at radius 1 is 0.769 bits per heavy atom. The van der Waals surface area contributed by atoms with Gasteiger partial charge in [0, 0.05) is 25.7 Å². The molecule has 0 bridgehead atoms. The molecule has 0 saturated heterocycles. The van der Waals surface area contributed by atoms with Crippen molar-refractivity contribution in [1.82, 2.24) is 5.32 Å². The maximum absolute atomic E-state index is 12.9. The molecule has 0 radical (unpaired) electrons.